The summed E-state index contributed by atoms with van der Waals surface area (Å²) >= 11 is 1.46. The van der Waals surface area contributed by atoms with Crippen LogP contribution >= 0.6 is 11.3 Å². The molecule has 0 atom stereocenters. The van der Waals surface area contributed by atoms with Gasteiger partial charge in [-0.15, -0.1) is 11.3 Å². The van der Waals surface area contributed by atoms with Crippen molar-refractivity contribution in [2.75, 3.05) is 36.5 Å². The van der Waals surface area contributed by atoms with E-state index in [1.54, 1.807) is 0 Å². The Kier molecular flexibility index (Phi) is 9.72. The summed E-state index contributed by atoms with van der Waals surface area (Å²) in [5.41, 5.74) is 10.9. The average molecular weight is 640 g/mol. The van der Waals surface area contributed by atoms with Crippen LogP contribution in [0.15, 0.2) is 84.2 Å². The molecule has 11 heteroatoms. The highest BCUT2D eigenvalue weighted by Gasteiger charge is 2.29. The van der Waals surface area contributed by atoms with Gasteiger partial charge in [-0.1, -0.05) is 30.3 Å². The maximum atomic E-state index is 13.7. The third-order valence-corrected chi connectivity index (χ3v) is 9.58. The molecular formula is C35H37N5O5S. The highest BCUT2D eigenvalue weighted by atomic mass is 32.1. The van der Waals surface area contributed by atoms with Crippen molar-refractivity contribution >= 4 is 40.2 Å². The minimum absolute atomic E-state index is 0.0481. The Labute approximate surface area is 271 Å². The number of carbonyl (C=O) groups is 2. The van der Waals surface area contributed by atoms with E-state index in [-0.39, 0.29) is 29.6 Å². The first-order valence-corrected chi connectivity index (χ1v) is 16.5. The number of nitrogens with two attached hydrogens (primary N) is 1. The van der Waals surface area contributed by atoms with Crippen LogP contribution < -0.4 is 16.0 Å². The molecule has 1 aliphatic carbocycles. The van der Waals surface area contributed by atoms with Gasteiger partial charge in [-0.3, -0.25) is 19.7 Å². The molecular weight excluding hydrogens is 602 g/mol. The van der Waals surface area contributed by atoms with E-state index < -0.39 is 4.92 Å². The molecule has 1 saturated carbocycles. The number of nitrogens with zero attached hydrogens (tertiary/aromatic N) is 3. The predicted molar refractivity (Wildman–Crippen MR) is 180 cm³/mol. The van der Waals surface area contributed by atoms with Crippen LogP contribution in [-0.4, -0.2) is 60.0 Å². The van der Waals surface area contributed by atoms with Crippen LogP contribution in [0.2, 0.25) is 0 Å². The first kappa shape index (κ1) is 31.4. The smallest absolute Gasteiger partial charge is 0.269 e. The number of carbonyl (C=O) groups excluding carboxylic acids is 2. The average Bonchev–Trinajstić information content (AvgIpc) is 3.63. The second kappa shape index (κ2) is 14.2. The molecule has 0 spiro atoms. The molecule has 2 amide bonds. The van der Waals surface area contributed by atoms with Gasteiger partial charge in [-0.25, -0.2) is 0 Å². The third-order valence-electron chi connectivity index (χ3n) is 8.73. The first-order chi connectivity index (χ1) is 22.4. The van der Waals surface area contributed by atoms with Gasteiger partial charge in [-0.2, -0.15) is 0 Å². The van der Waals surface area contributed by atoms with Crippen LogP contribution in [0.1, 0.15) is 51.3 Å². The molecule has 2 aliphatic rings. The van der Waals surface area contributed by atoms with E-state index in [1.165, 1.54) is 35.6 Å². The number of ether oxygens (including phenoxy) is 1. The standard InChI is InChI=1S/C35H37N5O5S/c36-28-9-13-29(14-10-28)39(35(42)33-5-2-20-46-33)23-24-3-1-4-26(21-24)27-8-15-32(38-16-18-45-19-17-38)31(22-27)37-34(41)25-6-11-30(12-7-25)40(43)44/h1-8,11-12,15,20-22,28-29H,9-10,13-14,16-19,23,36H2,(H,37,41). The van der Waals surface area contributed by atoms with Crippen molar-refractivity contribution in [2.24, 2.45) is 5.73 Å². The van der Waals surface area contributed by atoms with Crippen LogP contribution in [0.25, 0.3) is 11.1 Å². The lowest BCUT2D eigenvalue weighted by Gasteiger charge is -2.36. The maximum absolute atomic E-state index is 13.7. The van der Waals surface area contributed by atoms with Gasteiger partial charge in [0, 0.05) is 49.4 Å². The summed E-state index contributed by atoms with van der Waals surface area (Å²) in [6, 6.07) is 23.9. The molecule has 3 aromatic carbocycles. The van der Waals surface area contributed by atoms with Gasteiger partial charge in [0.15, 0.2) is 0 Å². The van der Waals surface area contributed by atoms with Gasteiger partial charge in [0.05, 0.1) is 34.4 Å². The van der Waals surface area contributed by atoms with E-state index >= 15 is 0 Å². The largest absolute Gasteiger partial charge is 0.378 e. The first-order valence-electron chi connectivity index (χ1n) is 15.6. The number of morpholine rings is 1. The summed E-state index contributed by atoms with van der Waals surface area (Å²) in [4.78, 5) is 42.5. The molecule has 6 rings (SSSR count). The van der Waals surface area contributed by atoms with Crippen LogP contribution in [0, 0.1) is 10.1 Å². The molecule has 4 aromatic rings. The van der Waals surface area contributed by atoms with Crippen LogP contribution in [0.5, 0.6) is 0 Å². The fourth-order valence-electron chi connectivity index (χ4n) is 6.19. The van der Waals surface area contributed by atoms with E-state index in [9.17, 15) is 19.7 Å². The van der Waals surface area contributed by atoms with Gasteiger partial charge in [0.25, 0.3) is 17.5 Å². The number of anilines is 2. The number of non-ortho nitro benzene ring substituents is 1. The van der Waals surface area contributed by atoms with Crippen molar-refractivity contribution in [3.8, 4) is 11.1 Å². The summed E-state index contributed by atoms with van der Waals surface area (Å²) in [7, 11) is 0. The Morgan fingerprint density at radius 2 is 1.70 bits per heavy atom. The lowest BCUT2D eigenvalue weighted by atomic mass is 9.90. The van der Waals surface area contributed by atoms with E-state index in [0.717, 1.165) is 52.9 Å². The summed E-state index contributed by atoms with van der Waals surface area (Å²) in [5.74, 6) is -0.308. The maximum Gasteiger partial charge on any atom is 0.269 e. The van der Waals surface area contributed by atoms with Gasteiger partial charge in [-0.05, 0) is 84.2 Å². The van der Waals surface area contributed by atoms with Gasteiger partial charge >= 0.3 is 0 Å². The monoisotopic (exact) mass is 639 g/mol. The number of hydrogen-bond donors (Lipinski definition) is 2. The zero-order valence-electron chi connectivity index (χ0n) is 25.5. The number of benzene rings is 3. The van der Waals surface area contributed by atoms with Crippen LogP contribution in [0.3, 0.4) is 0 Å². The molecule has 1 saturated heterocycles. The van der Waals surface area contributed by atoms with E-state index in [1.807, 2.05) is 58.8 Å². The number of nitrogens with one attached hydrogen (secondary N) is 1. The fourth-order valence-corrected chi connectivity index (χ4v) is 6.87. The van der Waals surface area contributed by atoms with Gasteiger partial charge in [0.1, 0.15) is 0 Å². The Morgan fingerprint density at radius 1 is 0.957 bits per heavy atom. The number of amides is 2. The fraction of sp³-hybridized carbons (Fsp3) is 0.314. The minimum Gasteiger partial charge on any atom is -0.378 e. The number of nitro benzene ring substituents is 1. The number of rotatable bonds is 9. The van der Waals surface area contributed by atoms with Crippen molar-refractivity contribution in [1.82, 2.24) is 4.90 Å². The van der Waals surface area contributed by atoms with E-state index in [0.29, 0.717) is 44.1 Å². The molecule has 2 fully saturated rings. The van der Waals surface area contributed by atoms with Crippen molar-refractivity contribution in [3.63, 3.8) is 0 Å². The topological polar surface area (TPSA) is 131 Å². The van der Waals surface area contributed by atoms with Crippen molar-refractivity contribution in [2.45, 2.75) is 44.3 Å². The van der Waals surface area contributed by atoms with E-state index in [4.69, 9.17) is 10.5 Å². The molecule has 0 bridgehead atoms. The Morgan fingerprint density at radius 3 is 2.39 bits per heavy atom. The molecule has 10 nitrogen and oxygen atoms in total. The summed E-state index contributed by atoms with van der Waals surface area (Å²) in [5, 5.41) is 16.1. The molecule has 1 aromatic heterocycles. The number of nitro groups is 1. The summed E-state index contributed by atoms with van der Waals surface area (Å²) < 4.78 is 5.55. The second-order valence-electron chi connectivity index (χ2n) is 11.8. The lowest BCUT2D eigenvalue weighted by Crippen LogP contribution is -2.43. The van der Waals surface area contributed by atoms with E-state index in [2.05, 4.69) is 16.3 Å². The SMILES string of the molecule is NC1CCC(N(Cc2cccc(-c3ccc(N4CCOCC4)c(NC(=O)c4ccc([N+](=O)[O-])cc4)c3)c2)C(=O)c2cccs2)CC1. The molecule has 238 valence electrons. The summed E-state index contributed by atoms with van der Waals surface area (Å²) in [6.45, 7) is 3.05. The summed E-state index contributed by atoms with van der Waals surface area (Å²) in [6.07, 6.45) is 3.59. The highest BCUT2D eigenvalue weighted by molar-refractivity contribution is 7.12. The molecule has 46 heavy (non-hydrogen) atoms. The predicted octanol–water partition coefficient (Wildman–Crippen LogP) is 6.32. The van der Waals surface area contributed by atoms with Crippen molar-refractivity contribution in [1.29, 1.82) is 0 Å². The second-order valence-corrected chi connectivity index (χ2v) is 12.7. The lowest BCUT2D eigenvalue weighted by molar-refractivity contribution is -0.384. The minimum atomic E-state index is -0.488. The number of thiophene rings is 1. The van der Waals surface area contributed by atoms with Crippen molar-refractivity contribution in [3.05, 3.63) is 110 Å². The zero-order valence-corrected chi connectivity index (χ0v) is 26.3. The third kappa shape index (κ3) is 7.28. The molecule has 1 aliphatic heterocycles. The molecule has 2 heterocycles. The molecule has 3 N–H and O–H groups in total. The molecule has 0 radical (unpaired) electrons. The van der Waals surface area contributed by atoms with Crippen LogP contribution in [0.4, 0.5) is 17.1 Å². The number of hydrogen-bond acceptors (Lipinski definition) is 8. The van der Waals surface area contributed by atoms with Gasteiger partial charge < -0.3 is 25.6 Å². The Bertz CT molecular complexity index is 1680. The highest BCUT2D eigenvalue weighted by Crippen LogP contribution is 2.34. The van der Waals surface area contributed by atoms with Crippen LogP contribution in [-0.2, 0) is 11.3 Å². The normalized spacial score (nSPS) is 18.2. The zero-order chi connectivity index (χ0) is 32.0. The quantitative estimate of drug-likeness (QED) is 0.162. The van der Waals surface area contributed by atoms with Gasteiger partial charge in [0.2, 0.25) is 0 Å². The Balaban J connectivity index is 1.28. The molecule has 0 unspecified atom stereocenters. The Hall–Kier alpha value is -4.58. The van der Waals surface area contributed by atoms with Crippen molar-refractivity contribution < 1.29 is 19.2 Å².